The fraction of sp³-hybridized carbons (Fsp3) is 0.583. The average Bonchev–Trinajstić information content (AvgIpc) is 2.79. The molecule has 1 unspecified atom stereocenters. The van der Waals surface area contributed by atoms with Crippen LogP contribution in [0.1, 0.15) is 18.2 Å². The minimum atomic E-state index is 0.391. The highest BCUT2D eigenvalue weighted by Gasteiger charge is 2.21. The van der Waals surface area contributed by atoms with E-state index in [0.29, 0.717) is 5.92 Å². The summed E-state index contributed by atoms with van der Waals surface area (Å²) >= 11 is 1.83. The van der Waals surface area contributed by atoms with E-state index in [1.54, 1.807) is 0 Å². The van der Waals surface area contributed by atoms with E-state index in [0.717, 1.165) is 38.2 Å². The summed E-state index contributed by atoms with van der Waals surface area (Å²) in [6.07, 6.45) is 2.04. The van der Waals surface area contributed by atoms with Gasteiger partial charge in [-0.2, -0.15) is 0 Å². The maximum absolute atomic E-state index is 8.80. The van der Waals surface area contributed by atoms with Gasteiger partial charge < -0.3 is 10.1 Å². The van der Waals surface area contributed by atoms with Crippen LogP contribution in [0.25, 0.3) is 0 Å². The van der Waals surface area contributed by atoms with E-state index in [1.165, 1.54) is 4.88 Å². The van der Waals surface area contributed by atoms with Crippen molar-refractivity contribution in [2.24, 2.45) is 11.1 Å². The Morgan fingerprint density at radius 2 is 2.50 bits per heavy atom. The number of hydrogen-bond acceptors (Lipinski definition) is 4. The lowest BCUT2D eigenvalue weighted by Gasteiger charge is -2.31. The van der Waals surface area contributed by atoms with E-state index >= 15 is 0 Å². The number of hydrogen-bond donors (Lipinski definition) is 1. The summed E-state index contributed by atoms with van der Waals surface area (Å²) in [5.41, 5.74) is 0.951. The van der Waals surface area contributed by atoms with Crippen LogP contribution < -0.4 is 0 Å². The van der Waals surface area contributed by atoms with Gasteiger partial charge in [0, 0.05) is 36.9 Å². The second-order valence-electron chi connectivity index (χ2n) is 4.37. The molecule has 0 amide bonds. The molecule has 3 nitrogen and oxygen atoms in total. The maximum Gasteiger partial charge on any atom is 0.0624 e. The Bertz CT molecular complexity index is 348. The molecule has 1 fully saturated rings. The molecule has 88 valence electrons. The second kappa shape index (κ2) is 5.46. The van der Waals surface area contributed by atoms with Gasteiger partial charge >= 0.3 is 0 Å². The predicted molar refractivity (Wildman–Crippen MR) is 67.5 cm³/mol. The maximum atomic E-state index is 8.80. The largest absolute Gasteiger partial charge is 0.411 e. The Kier molecular flexibility index (Phi) is 3.96. The molecule has 0 aliphatic carbocycles. The van der Waals surface area contributed by atoms with Crippen LogP contribution >= 0.6 is 11.3 Å². The van der Waals surface area contributed by atoms with E-state index in [9.17, 15) is 0 Å². The lowest BCUT2D eigenvalue weighted by Crippen LogP contribution is -2.40. The normalized spacial score (nSPS) is 25.1. The van der Waals surface area contributed by atoms with Gasteiger partial charge in [-0.1, -0.05) is 18.1 Å². The summed E-state index contributed by atoms with van der Waals surface area (Å²) in [7, 11) is 0. The van der Waals surface area contributed by atoms with Crippen LogP contribution in [0.3, 0.4) is 0 Å². The summed E-state index contributed by atoms with van der Waals surface area (Å²) in [6, 6.07) is 4.30. The molecule has 4 heteroatoms. The molecule has 1 aliphatic rings. The zero-order chi connectivity index (χ0) is 11.4. The fourth-order valence-corrected chi connectivity index (χ4v) is 2.88. The van der Waals surface area contributed by atoms with E-state index in [4.69, 9.17) is 5.21 Å². The number of nitrogens with zero attached hydrogens (tertiary/aromatic N) is 2. The molecule has 0 bridgehead atoms. The molecule has 0 saturated carbocycles. The fourth-order valence-electron chi connectivity index (χ4n) is 2.18. The second-order valence-corrected chi connectivity index (χ2v) is 5.40. The van der Waals surface area contributed by atoms with Crippen LogP contribution in [0.15, 0.2) is 22.7 Å². The third-order valence-electron chi connectivity index (χ3n) is 3.17. The van der Waals surface area contributed by atoms with E-state index in [2.05, 4.69) is 34.5 Å². The summed E-state index contributed by atoms with van der Waals surface area (Å²) in [5.74, 6) is 0.391. The third kappa shape index (κ3) is 2.83. The van der Waals surface area contributed by atoms with Gasteiger partial charge in [-0.25, -0.2) is 0 Å². The van der Waals surface area contributed by atoms with E-state index < -0.39 is 0 Å². The zero-order valence-corrected chi connectivity index (χ0v) is 10.4. The van der Waals surface area contributed by atoms with Gasteiger partial charge in [0.05, 0.1) is 5.71 Å². The van der Waals surface area contributed by atoms with Crippen LogP contribution in [-0.2, 0) is 6.42 Å². The monoisotopic (exact) mass is 238 g/mol. The van der Waals surface area contributed by atoms with Gasteiger partial charge in [0.1, 0.15) is 0 Å². The van der Waals surface area contributed by atoms with Crippen molar-refractivity contribution in [3.8, 4) is 0 Å². The van der Waals surface area contributed by atoms with Crippen LogP contribution in [0.2, 0.25) is 0 Å². The van der Waals surface area contributed by atoms with Crippen molar-refractivity contribution in [2.75, 3.05) is 19.6 Å². The first kappa shape index (κ1) is 11.6. The summed E-state index contributed by atoms with van der Waals surface area (Å²) in [6.45, 7) is 5.29. The molecule has 1 aliphatic heterocycles. The average molecular weight is 238 g/mol. The van der Waals surface area contributed by atoms with Gasteiger partial charge in [0.25, 0.3) is 0 Å². The van der Waals surface area contributed by atoms with Crippen molar-refractivity contribution >= 4 is 17.0 Å². The van der Waals surface area contributed by atoms with Crippen LogP contribution in [0, 0.1) is 5.92 Å². The summed E-state index contributed by atoms with van der Waals surface area (Å²) in [5, 5.41) is 14.3. The van der Waals surface area contributed by atoms with Crippen LogP contribution in [0.4, 0.5) is 0 Å². The van der Waals surface area contributed by atoms with Crippen molar-refractivity contribution < 1.29 is 5.21 Å². The number of oxime groups is 1. The molecule has 2 rings (SSSR count). The predicted octanol–water partition coefficient (Wildman–Crippen LogP) is 2.46. The standard InChI is InChI=1S/C12H18N2OS/c1-10-9-14(7-5-12(10)13-15)6-4-11-3-2-8-16-11/h2-3,8,10,15H,4-7,9H2,1H3/b13-12+. The first-order chi connectivity index (χ1) is 7.79. The van der Waals surface area contributed by atoms with E-state index in [-0.39, 0.29) is 0 Å². The molecule has 1 saturated heterocycles. The van der Waals surface area contributed by atoms with Gasteiger partial charge in [-0.05, 0) is 17.9 Å². The Morgan fingerprint density at radius 1 is 1.62 bits per heavy atom. The van der Waals surface area contributed by atoms with Gasteiger partial charge in [-0.15, -0.1) is 11.3 Å². The summed E-state index contributed by atoms with van der Waals surface area (Å²) < 4.78 is 0. The molecule has 0 aromatic carbocycles. The minimum Gasteiger partial charge on any atom is -0.411 e. The molecule has 1 N–H and O–H groups in total. The molecule has 1 aromatic heterocycles. The number of likely N-dealkylation sites (tertiary alicyclic amines) is 1. The highest BCUT2D eigenvalue weighted by atomic mass is 32.1. The highest BCUT2D eigenvalue weighted by Crippen LogP contribution is 2.15. The Labute approximate surface area is 100 Å². The Balaban J connectivity index is 1.80. The lowest BCUT2D eigenvalue weighted by molar-refractivity contribution is 0.238. The van der Waals surface area contributed by atoms with Crippen molar-refractivity contribution in [3.05, 3.63) is 22.4 Å². The quantitative estimate of drug-likeness (QED) is 0.648. The van der Waals surface area contributed by atoms with Crippen molar-refractivity contribution in [1.29, 1.82) is 0 Å². The molecule has 1 aromatic rings. The smallest absolute Gasteiger partial charge is 0.0624 e. The SMILES string of the molecule is CC1CN(CCc2cccs2)CC/C1=N\O. The van der Waals surface area contributed by atoms with Gasteiger partial charge in [0.15, 0.2) is 0 Å². The topological polar surface area (TPSA) is 35.8 Å². The summed E-state index contributed by atoms with van der Waals surface area (Å²) in [4.78, 5) is 3.91. The molecular weight excluding hydrogens is 220 g/mol. The Morgan fingerprint density at radius 3 is 3.12 bits per heavy atom. The molecule has 16 heavy (non-hydrogen) atoms. The minimum absolute atomic E-state index is 0.391. The Hall–Kier alpha value is -0.870. The first-order valence-electron chi connectivity index (χ1n) is 5.75. The van der Waals surface area contributed by atoms with Gasteiger partial charge in [0.2, 0.25) is 0 Å². The molecule has 2 heterocycles. The van der Waals surface area contributed by atoms with Crippen molar-refractivity contribution in [3.63, 3.8) is 0 Å². The van der Waals surface area contributed by atoms with Crippen molar-refractivity contribution in [2.45, 2.75) is 19.8 Å². The lowest BCUT2D eigenvalue weighted by atomic mass is 9.97. The zero-order valence-electron chi connectivity index (χ0n) is 9.59. The first-order valence-corrected chi connectivity index (χ1v) is 6.63. The molecule has 0 radical (unpaired) electrons. The number of rotatable bonds is 3. The highest BCUT2D eigenvalue weighted by molar-refractivity contribution is 7.09. The molecular formula is C12H18N2OS. The molecule has 1 atom stereocenters. The van der Waals surface area contributed by atoms with E-state index in [1.807, 2.05) is 11.3 Å². The van der Waals surface area contributed by atoms with Crippen LogP contribution in [-0.4, -0.2) is 35.5 Å². The molecule has 0 spiro atoms. The van der Waals surface area contributed by atoms with Gasteiger partial charge in [-0.3, -0.25) is 0 Å². The number of piperidine rings is 1. The van der Waals surface area contributed by atoms with Crippen LogP contribution in [0.5, 0.6) is 0 Å². The third-order valence-corrected chi connectivity index (χ3v) is 4.10. The number of thiophene rings is 1. The van der Waals surface area contributed by atoms with Crippen molar-refractivity contribution in [1.82, 2.24) is 4.90 Å².